The first-order valence-corrected chi connectivity index (χ1v) is 8.12. The fourth-order valence-electron chi connectivity index (χ4n) is 3.31. The highest BCUT2D eigenvalue weighted by Gasteiger charge is 2.19. The molecular weight excluding hydrogens is 300 g/mol. The molecule has 120 valence electrons. The van der Waals surface area contributed by atoms with E-state index in [0.29, 0.717) is 5.56 Å². The standard InChI is InChI=1S/C20H18N2O2/c1-24-20(23)13-9-11-14(12-10-13)21-19-15-5-2-3-7-17(15)22-18-8-4-6-16(18)19/h2-3,5,7,9-12H,4,6,8H2,1H3,(H,21,22). The molecule has 0 saturated heterocycles. The van der Waals surface area contributed by atoms with Crippen LogP contribution in [0.4, 0.5) is 11.4 Å². The number of aryl methyl sites for hydroxylation is 1. The van der Waals surface area contributed by atoms with Crippen LogP contribution in [-0.4, -0.2) is 18.1 Å². The molecule has 24 heavy (non-hydrogen) atoms. The Bertz CT molecular complexity index is 917. The van der Waals surface area contributed by atoms with Gasteiger partial charge >= 0.3 is 5.97 Å². The second-order valence-electron chi connectivity index (χ2n) is 5.98. The number of nitrogens with one attached hydrogen (secondary N) is 1. The van der Waals surface area contributed by atoms with Crippen LogP contribution < -0.4 is 5.32 Å². The number of pyridine rings is 1. The van der Waals surface area contributed by atoms with Crippen molar-refractivity contribution in [3.63, 3.8) is 0 Å². The summed E-state index contributed by atoms with van der Waals surface area (Å²) in [6.07, 6.45) is 3.24. The molecule has 0 aliphatic heterocycles. The maximum absolute atomic E-state index is 11.6. The van der Waals surface area contributed by atoms with Gasteiger partial charge in [0.1, 0.15) is 0 Å². The Hall–Kier alpha value is -2.88. The highest BCUT2D eigenvalue weighted by atomic mass is 16.5. The number of aromatic nitrogens is 1. The highest BCUT2D eigenvalue weighted by Crippen LogP contribution is 2.35. The van der Waals surface area contributed by atoms with Gasteiger partial charge in [-0.3, -0.25) is 4.98 Å². The molecule has 1 aliphatic carbocycles. The molecule has 4 nitrogen and oxygen atoms in total. The molecule has 4 rings (SSSR count). The first-order chi connectivity index (χ1) is 11.8. The summed E-state index contributed by atoms with van der Waals surface area (Å²) >= 11 is 0. The van der Waals surface area contributed by atoms with Gasteiger partial charge in [-0.25, -0.2) is 4.79 Å². The van der Waals surface area contributed by atoms with Crippen molar-refractivity contribution in [2.45, 2.75) is 19.3 Å². The minimum absolute atomic E-state index is 0.322. The topological polar surface area (TPSA) is 51.2 Å². The van der Waals surface area contributed by atoms with E-state index in [2.05, 4.69) is 17.4 Å². The quantitative estimate of drug-likeness (QED) is 0.733. The fraction of sp³-hybridized carbons (Fsp3) is 0.200. The van der Waals surface area contributed by atoms with Crippen LogP contribution >= 0.6 is 0 Å². The summed E-state index contributed by atoms with van der Waals surface area (Å²) in [6.45, 7) is 0. The Balaban J connectivity index is 1.75. The van der Waals surface area contributed by atoms with E-state index in [-0.39, 0.29) is 5.97 Å². The van der Waals surface area contributed by atoms with Gasteiger partial charge in [0.05, 0.1) is 23.9 Å². The lowest BCUT2D eigenvalue weighted by Crippen LogP contribution is -2.02. The Morgan fingerprint density at radius 2 is 1.88 bits per heavy atom. The van der Waals surface area contributed by atoms with Crippen LogP contribution in [0.15, 0.2) is 48.5 Å². The van der Waals surface area contributed by atoms with Gasteiger partial charge in [-0.05, 0) is 55.2 Å². The zero-order valence-electron chi connectivity index (χ0n) is 13.5. The molecule has 0 saturated carbocycles. The minimum atomic E-state index is -0.322. The summed E-state index contributed by atoms with van der Waals surface area (Å²) in [7, 11) is 1.39. The number of benzene rings is 2. The molecule has 0 radical (unpaired) electrons. The first kappa shape index (κ1) is 14.7. The van der Waals surface area contributed by atoms with Crippen molar-refractivity contribution in [3.05, 3.63) is 65.4 Å². The van der Waals surface area contributed by atoms with E-state index >= 15 is 0 Å². The smallest absolute Gasteiger partial charge is 0.337 e. The second kappa shape index (κ2) is 5.96. The van der Waals surface area contributed by atoms with E-state index < -0.39 is 0 Å². The number of methoxy groups -OCH3 is 1. The van der Waals surface area contributed by atoms with Crippen LogP contribution in [0.5, 0.6) is 0 Å². The zero-order valence-corrected chi connectivity index (χ0v) is 13.5. The maximum atomic E-state index is 11.6. The molecule has 3 aromatic rings. The van der Waals surface area contributed by atoms with Crippen molar-refractivity contribution >= 4 is 28.2 Å². The molecule has 2 aromatic carbocycles. The van der Waals surface area contributed by atoms with Crippen LogP contribution in [0.2, 0.25) is 0 Å². The van der Waals surface area contributed by atoms with E-state index in [1.807, 2.05) is 24.3 Å². The Morgan fingerprint density at radius 1 is 1.08 bits per heavy atom. The predicted molar refractivity (Wildman–Crippen MR) is 94.8 cm³/mol. The Kier molecular flexibility index (Phi) is 3.65. The molecule has 1 aliphatic rings. The number of ether oxygens (including phenoxy) is 1. The number of rotatable bonds is 3. The third kappa shape index (κ3) is 2.50. The third-order valence-electron chi connectivity index (χ3n) is 4.49. The molecule has 0 spiro atoms. The molecule has 0 amide bonds. The number of carbonyl (C=O) groups excluding carboxylic acids is 1. The van der Waals surface area contributed by atoms with E-state index in [4.69, 9.17) is 9.72 Å². The number of hydrogen-bond acceptors (Lipinski definition) is 4. The number of nitrogens with zero attached hydrogens (tertiary/aromatic N) is 1. The van der Waals surface area contributed by atoms with E-state index in [1.165, 1.54) is 18.4 Å². The number of para-hydroxylation sites is 1. The van der Waals surface area contributed by atoms with Crippen molar-refractivity contribution < 1.29 is 9.53 Å². The van der Waals surface area contributed by atoms with Crippen molar-refractivity contribution in [1.82, 2.24) is 4.98 Å². The largest absolute Gasteiger partial charge is 0.465 e. The van der Waals surface area contributed by atoms with Gasteiger partial charge in [0.25, 0.3) is 0 Å². The minimum Gasteiger partial charge on any atom is -0.465 e. The zero-order chi connectivity index (χ0) is 16.5. The van der Waals surface area contributed by atoms with Crippen LogP contribution in [0.3, 0.4) is 0 Å². The van der Waals surface area contributed by atoms with Crippen molar-refractivity contribution in [1.29, 1.82) is 0 Å². The molecule has 1 aromatic heterocycles. The van der Waals surface area contributed by atoms with Gasteiger partial charge in [-0.15, -0.1) is 0 Å². The molecule has 1 heterocycles. The highest BCUT2D eigenvalue weighted by molar-refractivity contribution is 5.96. The van der Waals surface area contributed by atoms with Gasteiger partial charge in [0.2, 0.25) is 0 Å². The summed E-state index contributed by atoms with van der Waals surface area (Å²) in [4.78, 5) is 16.4. The van der Waals surface area contributed by atoms with Gasteiger partial charge in [-0.2, -0.15) is 0 Å². The van der Waals surface area contributed by atoms with Crippen molar-refractivity contribution in [2.24, 2.45) is 0 Å². The average Bonchev–Trinajstić information content (AvgIpc) is 3.10. The summed E-state index contributed by atoms with van der Waals surface area (Å²) in [5.74, 6) is -0.322. The van der Waals surface area contributed by atoms with Gasteiger partial charge in [0, 0.05) is 16.8 Å². The fourth-order valence-corrected chi connectivity index (χ4v) is 3.31. The lowest BCUT2D eigenvalue weighted by atomic mass is 10.1. The Morgan fingerprint density at radius 3 is 2.67 bits per heavy atom. The molecule has 0 bridgehead atoms. The number of fused-ring (bicyclic) bond motifs is 2. The average molecular weight is 318 g/mol. The van der Waals surface area contributed by atoms with E-state index in [0.717, 1.165) is 41.5 Å². The van der Waals surface area contributed by atoms with Gasteiger partial charge < -0.3 is 10.1 Å². The Labute approximate surface area is 140 Å². The predicted octanol–water partition coefficient (Wildman–Crippen LogP) is 4.25. The number of carbonyl (C=O) groups is 1. The molecule has 0 atom stereocenters. The van der Waals surface area contributed by atoms with Crippen LogP contribution in [0.25, 0.3) is 10.9 Å². The maximum Gasteiger partial charge on any atom is 0.337 e. The van der Waals surface area contributed by atoms with Crippen molar-refractivity contribution in [2.75, 3.05) is 12.4 Å². The SMILES string of the molecule is COC(=O)c1ccc(Nc2c3c(nc4ccccc24)CCC3)cc1. The first-order valence-electron chi connectivity index (χ1n) is 8.12. The number of esters is 1. The molecule has 1 N–H and O–H groups in total. The summed E-state index contributed by atoms with van der Waals surface area (Å²) in [5.41, 5.74) is 6.17. The summed E-state index contributed by atoms with van der Waals surface area (Å²) in [6, 6.07) is 15.6. The van der Waals surface area contributed by atoms with Crippen LogP contribution in [0.1, 0.15) is 28.0 Å². The molecule has 0 fully saturated rings. The van der Waals surface area contributed by atoms with E-state index in [1.54, 1.807) is 12.1 Å². The van der Waals surface area contributed by atoms with E-state index in [9.17, 15) is 4.79 Å². The van der Waals surface area contributed by atoms with Crippen LogP contribution in [0, 0.1) is 0 Å². The summed E-state index contributed by atoms with van der Waals surface area (Å²) < 4.78 is 4.74. The number of hydrogen-bond donors (Lipinski definition) is 1. The monoisotopic (exact) mass is 318 g/mol. The normalized spacial score (nSPS) is 12.9. The van der Waals surface area contributed by atoms with Gasteiger partial charge in [0.15, 0.2) is 0 Å². The molecule has 0 unspecified atom stereocenters. The lowest BCUT2D eigenvalue weighted by molar-refractivity contribution is 0.0601. The van der Waals surface area contributed by atoms with Crippen LogP contribution in [-0.2, 0) is 17.6 Å². The number of anilines is 2. The lowest BCUT2D eigenvalue weighted by Gasteiger charge is -2.15. The van der Waals surface area contributed by atoms with Crippen molar-refractivity contribution in [3.8, 4) is 0 Å². The third-order valence-corrected chi connectivity index (χ3v) is 4.49. The summed E-state index contributed by atoms with van der Waals surface area (Å²) in [5, 5.41) is 4.67. The molecular formula is C20H18N2O2. The second-order valence-corrected chi connectivity index (χ2v) is 5.98. The van der Waals surface area contributed by atoms with Gasteiger partial charge in [-0.1, -0.05) is 18.2 Å². The molecule has 4 heteroatoms.